The molecular weight excluding hydrogens is 228 g/mol. The van der Waals surface area contributed by atoms with Crippen molar-refractivity contribution in [2.24, 2.45) is 34.0 Å². The van der Waals surface area contributed by atoms with Crippen molar-refractivity contribution in [3.8, 4) is 0 Å². The predicted molar refractivity (Wildman–Crippen MR) is 74.6 cm³/mol. The van der Waals surface area contributed by atoms with Gasteiger partial charge in [0.05, 0.1) is 0 Å². The quantitative estimate of drug-likeness (QED) is 0.369. The highest BCUT2D eigenvalue weighted by Crippen LogP contribution is 2.30. The van der Waals surface area contributed by atoms with Gasteiger partial charge >= 0.3 is 0 Å². The van der Waals surface area contributed by atoms with Crippen LogP contribution in [0.25, 0.3) is 0 Å². The molecule has 6 nitrogen and oxygen atoms in total. The zero-order valence-electron chi connectivity index (χ0n) is 10.5. The monoisotopic (exact) mass is 250 g/mol. The van der Waals surface area contributed by atoms with E-state index < -0.39 is 0 Å². The smallest absolute Gasteiger partial charge is 0.190 e. The van der Waals surface area contributed by atoms with Gasteiger partial charge in [0.1, 0.15) is 0 Å². The summed E-state index contributed by atoms with van der Waals surface area (Å²) < 4.78 is 0. The lowest BCUT2D eigenvalue weighted by atomic mass is 9.82. The van der Waals surface area contributed by atoms with Gasteiger partial charge in [-0.05, 0) is 37.5 Å². The van der Waals surface area contributed by atoms with Crippen LogP contribution >= 0.6 is 0 Å². The molecule has 0 atom stereocenters. The summed E-state index contributed by atoms with van der Waals surface area (Å²) >= 11 is 0. The molecule has 0 amide bonds. The van der Waals surface area contributed by atoms with Crippen LogP contribution in [0.15, 0.2) is 29.5 Å². The zero-order valence-corrected chi connectivity index (χ0v) is 10.5. The van der Waals surface area contributed by atoms with Crippen LogP contribution in [0.4, 0.5) is 0 Å². The number of aliphatic imine (C=N–C) groups is 1. The molecule has 0 aliphatic heterocycles. The van der Waals surface area contributed by atoms with Gasteiger partial charge < -0.3 is 22.5 Å². The highest BCUT2D eigenvalue weighted by Gasteiger charge is 2.17. The third-order valence-corrected chi connectivity index (χ3v) is 3.01. The van der Waals surface area contributed by atoms with Crippen LogP contribution in [0.3, 0.4) is 0 Å². The lowest BCUT2D eigenvalue weighted by Crippen LogP contribution is -2.25. The molecule has 1 saturated carbocycles. The topological polar surface area (TPSA) is 126 Å². The van der Waals surface area contributed by atoms with E-state index in [2.05, 4.69) is 22.5 Å². The number of guanidine groups is 2. The third kappa shape index (κ3) is 5.93. The van der Waals surface area contributed by atoms with Crippen molar-refractivity contribution in [1.29, 1.82) is 5.41 Å². The molecule has 1 rings (SSSR count). The first-order valence-corrected chi connectivity index (χ1v) is 6.10. The van der Waals surface area contributed by atoms with Gasteiger partial charge in [-0.1, -0.05) is 12.2 Å². The Balaban J connectivity index is 2.28. The molecule has 0 aromatic carbocycles. The molecule has 1 fully saturated rings. The standard InChI is InChI=1S/C12H22N6/c13-11(14)17-7-5-9-1-2-10(4-3-9)6-8-18-12(15)16/h5-10H,1-4H2,(H4,13,14,17)(H4,15,16,18)/b7-5+,8-6+. The molecule has 0 unspecified atom stereocenters. The maximum absolute atomic E-state index is 7.03. The molecule has 0 spiro atoms. The summed E-state index contributed by atoms with van der Waals surface area (Å²) in [6.45, 7) is 0. The minimum absolute atomic E-state index is 0.0277. The Bertz CT molecular complexity index is 346. The Morgan fingerprint density at radius 3 is 2.11 bits per heavy atom. The number of hydrogen-bond donors (Lipinski definition) is 5. The van der Waals surface area contributed by atoms with Gasteiger partial charge in [-0.3, -0.25) is 5.41 Å². The summed E-state index contributed by atoms with van der Waals surface area (Å²) in [5, 5.41) is 9.70. The molecule has 0 saturated heterocycles. The number of rotatable bonds is 4. The Morgan fingerprint density at radius 1 is 1.06 bits per heavy atom. The van der Waals surface area contributed by atoms with E-state index in [9.17, 15) is 0 Å². The fourth-order valence-electron chi connectivity index (χ4n) is 2.05. The Kier molecular flexibility index (Phi) is 5.76. The van der Waals surface area contributed by atoms with Crippen LogP contribution in [-0.2, 0) is 0 Å². The first kappa shape index (κ1) is 14.1. The Morgan fingerprint density at radius 2 is 1.61 bits per heavy atom. The molecule has 0 heterocycles. The van der Waals surface area contributed by atoms with Gasteiger partial charge in [-0.25, -0.2) is 4.99 Å². The molecule has 1 aliphatic carbocycles. The number of nitrogens with zero attached hydrogens (tertiary/aromatic N) is 1. The van der Waals surface area contributed by atoms with E-state index >= 15 is 0 Å². The molecule has 1 aliphatic rings. The summed E-state index contributed by atoms with van der Waals surface area (Å²) in [4.78, 5) is 3.84. The lowest BCUT2D eigenvalue weighted by Gasteiger charge is -2.24. The summed E-state index contributed by atoms with van der Waals surface area (Å²) in [5.74, 6) is 1.18. The van der Waals surface area contributed by atoms with E-state index in [-0.39, 0.29) is 11.9 Å². The second-order valence-corrected chi connectivity index (χ2v) is 4.49. The second-order valence-electron chi connectivity index (χ2n) is 4.49. The van der Waals surface area contributed by atoms with Crippen molar-refractivity contribution in [2.45, 2.75) is 25.7 Å². The van der Waals surface area contributed by atoms with Crippen LogP contribution < -0.4 is 22.5 Å². The van der Waals surface area contributed by atoms with Crippen molar-refractivity contribution in [3.05, 3.63) is 24.6 Å². The van der Waals surface area contributed by atoms with Crippen LogP contribution in [0.2, 0.25) is 0 Å². The lowest BCUT2D eigenvalue weighted by molar-refractivity contribution is 0.356. The third-order valence-electron chi connectivity index (χ3n) is 3.01. The maximum atomic E-state index is 7.03. The van der Waals surface area contributed by atoms with Crippen molar-refractivity contribution in [2.75, 3.05) is 0 Å². The highest BCUT2D eigenvalue weighted by atomic mass is 15.0. The SMILES string of the molecule is N=C(N)N/C=C/C1CCC(/C=C/N=C(N)N)CC1. The summed E-state index contributed by atoms with van der Waals surface area (Å²) in [6.07, 6.45) is 12.1. The van der Waals surface area contributed by atoms with E-state index in [0.717, 1.165) is 25.7 Å². The minimum Gasteiger partial charge on any atom is -0.370 e. The van der Waals surface area contributed by atoms with Gasteiger partial charge in [0, 0.05) is 12.4 Å². The summed E-state index contributed by atoms with van der Waals surface area (Å²) in [7, 11) is 0. The van der Waals surface area contributed by atoms with Gasteiger partial charge in [-0.15, -0.1) is 0 Å². The molecular formula is C12H22N6. The van der Waals surface area contributed by atoms with Crippen LogP contribution in [0, 0.1) is 17.2 Å². The van der Waals surface area contributed by atoms with E-state index in [1.807, 2.05) is 0 Å². The largest absolute Gasteiger partial charge is 0.370 e. The van der Waals surface area contributed by atoms with Crippen molar-refractivity contribution in [1.82, 2.24) is 5.32 Å². The predicted octanol–water partition coefficient (Wildman–Crippen LogP) is 0.577. The number of nitrogens with two attached hydrogens (primary N) is 3. The van der Waals surface area contributed by atoms with Crippen LogP contribution in [-0.4, -0.2) is 11.9 Å². The van der Waals surface area contributed by atoms with E-state index in [4.69, 9.17) is 22.6 Å². The van der Waals surface area contributed by atoms with Gasteiger partial charge in [0.25, 0.3) is 0 Å². The Hall–Kier alpha value is -1.98. The first-order valence-electron chi connectivity index (χ1n) is 6.10. The maximum Gasteiger partial charge on any atom is 0.190 e. The van der Waals surface area contributed by atoms with Gasteiger partial charge in [0.15, 0.2) is 11.9 Å². The van der Waals surface area contributed by atoms with Crippen LogP contribution in [0.1, 0.15) is 25.7 Å². The van der Waals surface area contributed by atoms with E-state index in [0.29, 0.717) is 11.8 Å². The fourth-order valence-corrected chi connectivity index (χ4v) is 2.05. The highest BCUT2D eigenvalue weighted by molar-refractivity contribution is 5.76. The number of allylic oxidation sites excluding steroid dienone is 2. The number of nitrogens with one attached hydrogen (secondary N) is 2. The molecule has 6 heteroatoms. The Labute approximate surface area is 108 Å². The average molecular weight is 250 g/mol. The molecule has 0 radical (unpaired) electrons. The molecule has 8 N–H and O–H groups in total. The van der Waals surface area contributed by atoms with Gasteiger partial charge in [0.2, 0.25) is 0 Å². The van der Waals surface area contributed by atoms with Crippen molar-refractivity contribution >= 4 is 11.9 Å². The van der Waals surface area contributed by atoms with E-state index in [1.54, 1.807) is 12.4 Å². The van der Waals surface area contributed by atoms with Crippen molar-refractivity contribution < 1.29 is 0 Å². The first-order chi connectivity index (χ1) is 8.58. The van der Waals surface area contributed by atoms with Crippen LogP contribution in [0.5, 0.6) is 0 Å². The van der Waals surface area contributed by atoms with Gasteiger partial charge in [-0.2, -0.15) is 0 Å². The van der Waals surface area contributed by atoms with Crippen molar-refractivity contribution in [3.63, 3.8) is 0 Å². The fraction of sp³-hybridized carbons (Fsp3) is 0.500. The molecule has 0 aromatic heterocycles. The summed E-state index contributed by atoms with van der Waals surface area (Å²) in [6, 6.07) is 0. The zero-order chi connectivity index (χ0) is 13.4. The molecule has 100 valence electrons. The normalized spacial score (nSPS) is 24.2. The minimum atomic E-state index is -0.0277. The van der Waals surface area contributed by atoms with E-state index in [1.165, 1.54) is 0 Å². The number of hydrogen-bond acceptors (Lipinski definition) is 2. The average Bonchev–Trinajstić information content (AvgIpc) is 2.30. The molecule has 18 heavy (non-hydrogen) atoms. The second kappa shape index (κ2) is 7.37. The molecule has 0 bridgehead atoms. The molecule has 0 aromatic rings. The summed E-state index contributed by atoms with van der Waals surface area (Å²) in [5.41, 5.74) is 15.7.